The summed E-state index contributed by atoms with van der Waals surface area (Å²) in [6.07, 6.45) is 1.36. The van der Waals surface area contributed by atoms with Gasteiger partial charge in [0.05, 0.1) is 11.8 Å². The highest BCUT2D eigenvalue weighted by atomic mass is 19.1. The molecule has 76 valence electrons. The molecule has 4 heteroatoms. The lowest BCUT2D eigenvalue weighted by Crippen LogP contribution is -2.03. The first-order chi connectivity index (χ1) is 7.18. The van der Waals surface area contributed by atoms with Crippen molar-refractivity contribution in [1.29, 1.82) is 0 Å². The van der Waals surface area contributed by atoms with Crippen LogP contribution in [0.3, 0.4) is 0 Å². The Bertz CT molecular complexity index is 491. The zero-order chi connectivity index (χ0) is 10.8. The Labute approximate surface area is 85.3 Å². The van der Waals surface area contributed by atoms with E-state index in [0.717, 1.165) is 6.07 Å². The van der Waals surface area contributed by atoms with Gasteiger partial charge in [-0.25, -0.2) is 4.39 Å². The third kappa shape index (κ3) is 1.74. The molecule has 0 radical (unpaired) electrons. The number of halogens is 1. The molecular formula is C11H8FNO2. The highest BCUT2D eigenvalue weighted by Gasteiger charge is 2.15. The van der Waals surface area contributed by atoms with E-state index in [1.807, 2.05) is 0 Å². The minimum Gasteiger partial charge on any atom is -0.461 e. The maximum Gasteiger partial charge on any atom is 0.231 e. The van der Waals surface area contributed by atoms with Crippen LogP contribution in [0.1, 0.15) is 16.1 Å². The van der Waals surface area contributed by atoms with Gasteiger partial charge in [-0.1, -0.05) is 0 Å². The topological polar surface area (TPSA) is 56.2 Å². The predicted octanol–water partition coefficient (Wildman–Crippen LogP) is 2.23. The number of furan rings is 1. The number of carbonyl (C=O) groups excluding carboxylic acids is 1. The Morgan fingerprint density at radius 1 is 1.33 bits per heavy atom. The van der Waals surface area contributed by atoms with Crippen LogP contribution in [-0.4, -0.2) is 5.78 Å². The Hall–Kier alpha value is -2.10. The average Bonchev–Trinajstić information content (AvgIpc) is 2.69. The number of hydrogen-bond acceptors (Lipinski definition) is 3. The van der Waals surface area contributed by atoms with Gasteiger partial charge < -0.3 is 10.2 Å². The van der Waals surface area contributed by atoms with E-state index < -0.39 is 11.6 Å². The molecule has 0 spiro atoms. The van der Waals surface area contributed by atoms with E-state index in [2.05, 4.69) is 0 Å². The summed E-state index contributed by atoms with van der Waals surface area (Å²) in [5.74, 6) is -1.02. The van der Waals surface area contributed by atoms with Crippen molar-refractivity contribution in [3.8, 4) is 0 Å². The van der Waals surface area contributed by atoms with Crippen molar-refractivity contribution in [2.45, 2.75) is 0 Å². The summed E-state index contributed by atoms with van der Waals surface area (Å²) in [4.78, 5) is 11.7. The normalized spacial score (nSPS) is 10.2. The summed E-state index contributed by atoms with van der Waals surface area (Å²) < 4.78 is 18.2. The average molecular weight is 205 g/mol. The van der Waals surface area contributed by atoms with Gasteiger partial charge in [0, 0.05) is 5.69 Å². The quantitative estimate of drug-likeness (QED) is 0.604. The van der Waals surface area contributed by atoms with Crippen LogP contribution in [0, 0.1) is 5.82 Å². The highest BCUT2D eigenvalue weighted by Crippen LogP contribution is 2.16. The molecule has 1 aromatic carbocycles. The number of carbonyl (C=O) groups is 1. The van der Waals surface area contributed by atoms with Gasteiger partial charge >= 0.3 is 0 Å². The third-order valence-corrected chi connectivity index (χ3v) is 1.98. The van der Waals surface area contributed by atoms with E-state index in [0.29, 0.717) is 0 Å². The van der Waals surface area contributed by atoms with Gasteiger partial charge in [0.25, 0.3) is 0 Å². The second kappa shape index (κ2) is 3.57. The summed E-state index contributed by atoms with van der Waals surface area (Å²) in [5, 5.41) is 0. The molecule has 2 aromatic rings. The molecule has 0 aliphatic heterocycles. The van der Waals surface area contributed by atoms with Crippen molar-refractivity contribution < 1.29 is 13.6 Å². The first-order valence-corrected chi connectivity index (χ1v) is 4.31. The van der Waals surface area contributed by atoms with Gasteiger partial charge in [0.1, 0.15) is 5.82 Å². The van der Waals surface area contributed by atoms with Crippen molar-refractivity contribution in [2.24, 2.45) is 0 Å². The van der Waals surface area contributed by atoms with Crippen LogP contribution < -0.4 is 5.73 Å². The minimum atomic E-state index is -0.642. The van der Waals surface area contributed by atoms with E-state index in [4.69, 9.17) is 10.2 Å². The number of nitrogens with two attached hydrogens (primary N) is 1. The zero-order valence-corrected chi connectivity index (χ0v) is 7.74. The number of anilines is 1. The van der Waals surface area contributed by atoms with Gasteiger partial charge in [-0.15, -0.1) is 0 Å². The largest absolute Gasteiger partial charge is 0.461 e. The van der Waals surface area contributed by atoms with Gasteiger partial charge in [-0.2, -0.15) is 0 Å². The second-order valence-corrected chi connectivity index (χ2v) is 3.05. The SMILES string of the molecule is Nc1ccc(C(=O)c2ccco2)c(F)c1. The Morgan fingerprint density at radius 2 is 2.13 bits per heavy atom. The molecule has 0 fully saturated rings. The number of nitrogen functional groups attached to an aromatic ring is 1. The molecule has 0 aliphatic carbocycles. The number of benzene rings is 1. The van der Waals surface area contributed by atoms with Crippen LogP contribution >= 0.6 is 0 Å². The lowest BCUT2D eigenvalue weighted by Gasteiger charge is -2.00. The van der Waals surface area contributed by atoms with Crippen LogP contribution in [0.4, 0.5) is 10.1 Å². The summed E-state index contributed by atoms with van der Waals surface area (Å²) >= 11 is 0. The Balaban J connectivity index is 2.42. The lowest BCUT2D eigenvalue weighted by atomic mass is 10.1. The molecule has 0 amide bonds. The van der Waals surface area contributed by atoms with Crippen molar-refractivity contribution >= 4 is 11.5 Å². The van der Waals surface area contributed by atoms with Crippen molar-refractivity contribution in [2.75, 3.05) is 5.73 Å². The maximum atomic E-state index is 13.4. The van der Waals surface area contributed by atoms with Crippen molar-refractivity contribution in [3.05, 3.63) is 53.7 Å². The third-order valence-electron chi connectivity index (χ3n) is 1.98. The fraction of sp³-hybridized carbons (Fsp3) is 0. The molecule has 0 bridgehead atoms. The van der Waals surface area contributed by atoms with E-state index >= 15 is 0 Å². The molecule has 3 nitrogen and oxygen atoms in total. The molecule has 2 N–H and O–H groups in total. The van der Waals surface area contributed by atoms with Gasteiger partial charge in [-0.3, -0.25) is 4.79 Å². The summed E-state index contributed by atoms with van der Waals surface area (Å²) in [6, 6.07) is 6.98. The molecule has 0 saturated heterocycles. The molecule has 0 aliphatic rings. The highest BCUT2D eigenvalue weighted by molar-refractivity contribution is 6.07. The van der Waals surface area contributed by atoms with E-state index in [9.17, 15) is 9.18 Å². The van der Waals surface area contributed by atoms with Gasteiger partial charge in [0.2, 0.25) is 5.78 Å². The maximum absolute atomic E-state index is 13.4. The van der Waals surface area contributed by atoms with Crippen LogP contribution in [0.5, 0.6) is 0 Å². The van der Waals surface area contributed by atoms with Crippen LogP contribution in [0.25, 0.3) is 0 Å². The summed E-state index contributed by atoms with van der Waals surface area (Å²) in [5.41, 5.74) is 5.61. The monoisotopic (exact) mass is 205 g/mol. The van der Waals surface area contributed by atoms with Gasteiger partial charge in [0.15, 0.2) is 5.76 Å². The first-order valence-electron chi connectivity index (χ1n) is 4.31. The van der Waals surface area contributed by atoms with Gasteiger partial charge in [-0.05, 0) is 30.3 Å². The lowest BCUT2D eigenvalue weighted by molar-refractivity contribution is 0.101. The Kier molecular flexibility index (Phi) is 2.25. The van der Waals surface area contributed by atoms with E-state index in [-0.39, 0.29) is 17.0 Å². The zero-order valence-electron chi connectivity index (χ0n) is 7.74. The number of ketones is 1. The second-order valence-electron chi connectivity index (χ2n) is 3.05. The van der Waals surface area contributed by atoms with Crippen LogP contribution in [-0.2, 0) is 0 Å². The summed E-state index contributed by atoms with van der Waals surface area (Å²) in [7, 11) is 0. The fourth-order valence-electron chi connectivity index (χ4n) is 1.26. The molecule has 1 aromatic heterocycles. The molecule has 2 rings (SSSR count). The van der Waals surface area contributed by atoms with Crippen LogP contribution in [0.2, 0.25) is 0 Å². The minimum absolute atomic E-state index is 0.0425. The number of rotatable bonds is 2. The molecule has 15 heavy (non-hydrogen) atoms. The van der Waals surface area contributed by atoms with E-state index in [1.54, 1.807) is 6.07 Å². The predicted molar refractivity (Wildman–Crippen MR) is 53.0 cm³/mol. The molecule has 0 atom stereocenters. The molecule has 0 saturated carbocycles. The smallest absolute Gasteiger partial charge is 0.231 e. The Morgan fingerprint density at radius 3 is 2.73 bits per heavy atom. The number of hydrogen-bond donors (Lipinski definition) is 1. The van der Waals surface area contributed by atoms with Crippen LogP contribution in [0.15, 0.2) is 41.0 Å². The summed E-state index contributed by atoms with van der Waals surface area (Å²) in [6.45, 7) is 0. The van der Waals surface area contributed by atoms with Crippen molar-refractivity contribution in [1.82, 2.24) is 0 Å². The standard InChI is InChI=1S/C11H8FNO2/c12-9-6-7(13)3-4-8(9)11(14)10-2-1-5-15-10/h1-6H,13H2. The van der Waals surface area contributed by atoms with Crippen molar-refractivity contribution in [3.63, 3.8) is 0 Å². The molecule has 1 heterocycles. The first kappa shape index (κ1) is 9.45. The molecular weight excluding hydrogens is 197 g/mol. The van der Waals surface area contributed by atoms with E-state index in [1.165, 1.54) is 24.5 Å². The fourth-order valence-corrected chi connectivity index (χ4v) is 1.26. The molecule has 0 unspecified atom stereocenters.